The molecule has 118 valence electrons. The number of pyridine rings is 1. The lowest BCUT2D eigenvalue weighted by atomic mass is 10.1. The third-order valence-corrected chi connectivity index (χ3v) is 4.05. The second-order valence-corrected chi connectivity index (χ2v) is 6.03. The molecule has 0 aliphatic carbocycles. The Labute approximate surface area is 139 Å². The van der Waals surface area contributed by atoms with Crippen molar-refractivity contribution in [3.63, 3.8) is 0 Å². The average molecular weight is 330 g/mol. The molecule has 1 atom stereocenters. The van der Waals surface area contributed by atoms with Crippen LogP contribution in [0.25, 0.3) is 0 Å². The number of halogens is 1. The first-order chi connectivity index (χ1) is 11.0. The molecule has 23 heavy (non-hydrogen) atoms. The first kappa shape index (κ1) is 15.5. The zero-order chi connectivity index (χ0) is 16.4. The van der Waals surface area contributed by atoms with Crippen molar-refractivity contribution < 1.29 is 9.59 Å². The molecule has 0 saturated carbocycles. The molecule has 1 N–H and O–H groups in total. The standard InChI is InChI=1S/C17H16ClN3O2/c1-11-6-7-19-15(8-11)20-17(23)12-9-16(22)21(10-12)14-4-2-13(18)3-5-14/h2-8,12H,9-10H2,1H3,(H,19,20,23)/t12-/m0/s1. The Hall–Kier alpha value is -2.40. The maximum atomic E-state index is 12.4. The minimum Gasteiger partial charge on any atom is -0.312 e. The van der Waals surface area contributed by atoms with Crippen LogP contribution in [0.2, 0.25) is 5.02 Å². The van der Waals surface area contributed by atoms with Crippen molar-refractivity contribution in [2.24, 2.45) is 5.92 Å². The van der Waals surface area contributed by atoms with Crippen molar-refractivity contribution in [1.29, 1.82) is 0 Å². The van der Waals surface area contributed by atoms with Gasteiger partial charge in [-0.05, 0) is 48.9 Å². The van der Waals surface area contributed by atoms with Gasteiger partial charge in [0.1, 0.15) is 5.82 Å². The minimum absolute atomic E-state index is 0.0651. The molecule has 1 aromatic carbocycles. The summed E-state index contributed by atoms with van der Waals surface area (Å²) in [6, 6.07) is 10.7. The van der Waals surface area contributed by atoms with Crippen molar-refractivity contribution in [2.75, 3.05) is 16.8 Å². The summed E-state index contributed by atoms with van der Waals surface area (Å²) < 4.78 is 0. The summed E-state index contributed by atoms with van der Waals surface area (Å²) in [5, 5.41) is 3.39. The molecule has 2 amide bonds. The van der Waals surface area contributed by atoms with Gasteiger partial charge in [-0.2, -0.15) is 0 Å². The number of hydrogen-bond donors (Lipinski definition) is 1. The molecule has 0 spiro atoms. The van der Waals surface area contributed by atoms with Gasteiger partial charge in [-0.15, -0.1) is 0 Å². The van der Waals surface area contributed by atoms with Crippen LogP contribution in [-0.4, -0.2) is 23.3 Å². The van der Waals surface area contributed by atoms with Crippen molar-refractivity contribution in [1.82, 2.24) is 4.98 Å². The molecule has 1 aromatic heterocycles. The fraction of sp³-hybridized carbons (Fsp3) is 0.235. The van der Waals surface area contributed by atoms with Crippen LogP contribution in [0, 0.1) is 12.8 Å². The number of rotatable bonds is 3. The fourth-order valence-corrected chi connectivity index (χ4v) is 2.71. The van der Waals surface area contributed by atoms with Crippen molar-refractivity contribution in [3.8, 4) is 0 Å². The van der Waals surface area contributed by atoms with E-state index in [4.69, 9.17) is 11.6 Å². The molecule has 1 fully saturated rings. The Balaban J connectivity index is 1.69. The minimum atomic E-state index is -0.388. The zero-order valence-electron chi connectivity index (χ0n) is 12.6. The number of aryl methyl sites for hydroxylation is 1. The molecular formula is C17H16ClN3O2. The molecule has 6 heteroatoms. The highest BCUT2D eigenvalue weighted by atomic mass is 35.5. The lowest BCUT2D eigenvalue weighted by Crippen LogP contribution is -2.28. The van der Waals surface area contributed by atoms with Gasteiger partial charge in [-0.1, -0.05) is 11.6 Å². The van der Waals surface area contributed by atoms with E-state index >= 15 is 0 Å². The highest BCUT2D eigenvalue weighted by molar-refractivity contribution is 6.30. The van der Waals surface area contributed by atoms with E-state index in [1.54, 1.807) is 41.4 Å². The lowest BCUT2D eigenvalue weighted by Gasteiger charge is -2.16. The molecule has 0 bridgehead atoms. The van der Waals surface area contributed by atoms with Crippen LogP contribution < -0.4 is 10.2 Å². The third-order valence-electron chi connectivity index (χ3n) is 3.80. The summed E-state index contributed by atoms with van der Waals surface area (Å²) in [6.07, 6.45) is 1.84. The fourth-order valence-electron chi connectivity index (χ4n) is 2.59. The average Bonchev–Trinajstić information content (AvgIpc) is 2.90. The molecule has 0 unspecified atom stereocenters. The van der Waals surface area contributed by atoms with E-state index in [1.165, 1.54) is 0 Å². The Morgan fingerprint density at radius 1 is 1.30 bits per heavy atom. The molecule has 2 aromatic rings. The van der Waals surface area contributed by atoms with Gasteiger partial charge in [0, 0.05) is 29.9 Å². The van der Waals surface area contributed by atoms with Gasteiger partial charge in [0.15, 0.2) is 0 Å². The molecule has 2 heterocycles. The smallest absolute Gasteiger partial charge is 0.230 e. The lowest BCUT2D eigenvalue weighted by molar-refractivity contribution is -0.122. The third kappa shape index (κ3) is 3.51. The van der Waals surface area contributed by atoms with Gasteiger partial charge in [0.2, 0.25) is 11.8 Å². The van der Waals surface area contributed by atoms with E-state index < -0.39 is 0 Å². The second kappa shape index (κ2) is 6.38. The van der Waals surface area contributed by atoms with Crippen molar-refractivity contribution in [2.45, 2.75) is 13.3 Å². The predicted octanol–water partition coefficient (Wildman–Crippen LogP) is 3.04. The van der Waals surface area contributed by atoms with Gasteiger partial charge < -0.3 is 10.2 Å². The summed E-state index contributed by atoms with van der Waals surface area (Å²) in [4.78, 5) is 30.3. The molecular weight excluding hydrogens is 314 g/mol. The Morgan fingerprint density at radius 3 is 2.74 bits per heavy atom. The highest BCUT2D eigenvalue weighted by Gasteiger charge is 2.35. The van der Waals surface area contributed by atoms with Gasteiger partial charge in [0.25, 0.3) is 0 Å². The molecule has 5 nitrogen and oxygen atoms in total. The van der Waals surface area contributed by atoms with E-state index in [2.05, 4.69) is 10.3 Å². The van der Waals surface area contributed by atoms with E-state index in [9.17, 15) is 9.59 Å². The molecule has 1 saturated heterocycles. The number of anilines is 2. The molecule has 1 aliphatic rings. The monoisotopic (exact) mass is 329 g/mol. The number of nitrogens with zero attached hydrogens (tertiary/aromatic N) is 2. The predicted molar refractivity (Wildman–Crippen MR) is 89.5 cm³/mol. The maximum Gasteiger partial charge on any atom is 0.230 e. The second-order valence-electron chi connectivity index (χ2n) is 5.59. The van der Waals surface area contributed by atoms with Crippen LogP contribution in [0.3, 0.4) is 0 Å². The van der Waals surface area contributed by atoms with Crippen LogP contribution in [0.5, 0.6) is 0 Å². The number of benzene rings is 1. The zero-order valence-corrected chi connectivity index (χ0v) is 13.4. The SMILES string of the molecule is Cc1ccnc(NC(=O)[C@H]2CC(=O)N(c3ccc(Cl)cc3)C2)c1. The summed E-state index contributed by atoms with van der Waals surface area (Å²) in [6.45, 7) is 2.29. The number of carbonyl (C=O) groups is 2. The normalized spacial score (nSPS) is 17.4. The number of amides is 2. The van der Waals surface area contributed by atoms with E-state index in [1.807, 2.05) is 13.0 Å². The first-order valence-electron chi connectivity index (χ1n) is 7.32. The summed E-state index contributed by atoms with van der Waals surface area (Å²) >= 11 is 5.86. The maximum absolute atomic E-state index is 12.4. The van der Waals surface area contributed by atoms with Crippen LogP contribution in [0.15, 0.2) is 42.6 Å². The van der Waals surface area contributed by atoms with E-state index in [0.717, 1.165) is 11.3 Å². The van der Waals surface area contributed by atoms with Crippen LogP contribution in [0.1, 0.15) is 12.0 Å². The van der Waals surface area contributed by atoms with E-state index in [-0.39, 0.29) is 24.2 Å². The molecule has 3 rings (SSSR count). The molecule has 1 aliphatic heterocycles. The Morgan fingerprint density at radius 2 is 2.04 bits per heavy atom. The van der Waals surface area contributed by atoms with Crippen LogP contribution >= 0.6 is 11.6 Å². The quantitative estimate of drug-likeness (QED) is 0.941. The topological polar surface area (TPSA) is 62.3 Å². The molecule has 0 radical (unpaired) electrons. The summed E-state index contributed by atoms with van der Waals surface area (Å²) in [5.74, 6) is -0.134. The van der Waals surface area contributed by atoms with Gasteiger partial charge in [-0.3, -0.25) is 9.59 Å². The van der Waals surface area contributed by atoms with Crippen molar-refractivity contribution >= 4 is 34.9 Å². The highest BCUT2D eigenvalue weighted by Crippen LogP contribution is 2.27. The first-order valence-corrected chi connectivity index (χ1v) is 7.70. The Kier molecular flexibility index (Phi) is 4.30. The van der Waals surface area contributed by atoms with Crippen molar-refractivity contribution in [3.05, 3.63) is 53.2 Å². The van der Waals surface area contributed by atoms with Gasteiger partial charge >= 0.3 is 0 Å². The van der Waals surface area contributed by atoms with Crippen LogP contribution in [0.4, 0.5) is 11.5 Å². The Bertz CT molecular complexity index is 746. The summed E-state index contributed by atoms with van der Waals surface area (Å²) in [7, 11) is 0. The number of nitrogens with one attached hydrogen (secondary N) is 1. The number of aromatic nitrogens is 1. The number of carbonyl (C=O) groups excluding carboxylic acids is 2. The van der Waals surface area contributed by atoms with Gasteiger partial charge in [-0.25, -0.2) is 4.98 Å². The van der Waals surface area contributed by atoms with E-state index in [0.29, 0.717) is 17.4 Å². The summed E-state index contributed by atoms with van der Waals surface area (Å²) in [5.41, 5.74) is 1.77. The van der Waals surface area contributed by atoms with Gasteiger partial charge in [0.05, 0.1) is 5.92 Å². The van der Waals surface area contributed by atoms with Crippen LogP contribution in [-0.2, 0) is 9.59 Å². The number of hydrogen-bond acceptors (Lipinski definition) is 3. The largest absolute Gasteiger partial charge is 0.312 e.